The van der Waals surface area contributed by atoms with Crippen LogP contribution in [0.1, 0.15) is 21.6 Å². The number of nitrogens with zero attached hydrogens (tertiary/aromatic N) is 1. The Hall–Kier alpha value is -3.12. The van der Waals surface area contributed by atoms with Crippen molar-refractivity contribution < 1.29 is 9.18 Å². The molecular weight excluding hydrogens is 367 g/mol. The summed E-state index contributed by atoms with van der Waals surface area (Å²) in [5, 5.41) is 5.76. The second kappa shape index (κ2) is 8.51. The van der Waals surface area contributed by atoms with Gasteiger partial charge in [-0.2, -0.15) is 0 Å². The van der Waals surface area contributed by atoms with Crippen molar-refractivity contribution in [3.05, 3.63) is 77.2 Å². The minimum Gasteiger partial charge on any atom is -0.399 e. The van der Waals surface area contributed by atoms with Gasteiger partial charge < -0.3 is 16.4 Å². The second-order valence-corrected chi connectivity index (χ2v) is 6.06. The standard InChI is InChI=1S/C20H19FN4O.ClH/c1-12-6-7-17(8-13(12)2)24-20(26)18-10-15(22)11-19(25-18)23-16-5-3-4-14(21)9-16;/h3-11H,1-2H3,(H,24,26)(H3,22,23,25);1H. The van der Waals surface area contributed by atoms with Crippen molar-refractivity contribution in [2.75, 3.05) is 16.4 Å². The van der Waals surface area contributed by atoms with Crippen LogP contribution < -0.4 is 16.4 Å². The molecule has 3 aromatic rings. The Bertz CT molecular complexity index is 978. The summed E-state index contributed by atoms with van der Waals surface area (Å²) < 4.78 is 13.3. The normalized spacial score (nSPS) is 10.0. The summed E-state index contributed by atoms with van der Waals surface area (Å²) in [4.78, 5) is 16.8. The molecule has 0 aliphatic rings. The van der Waals surface area contributed by atoms with E-state index in [2.05, 4.69) is 15.6 Å². The summed E-state index contributed by atoms with van der Waals surface area (Å²) >= 11 is 0. The van der Waals surface area contributed by atoms with Crippen LogP contribution in [0.15, 0.2) is 54.6 Å². The molecule has 0 saturated carbocycles. The van der Waals surface area contributed by atoms with E-state index in [1.54, 1.807) is 18.2 Å². The first-order chi connectivity index (χ1) is 12.4. The fraction of sp³-hybridized carbons (Fsp3) is 0.100. The van der Waals surface area contributed by atoms with Gasteiger partial charge in [-0.15, -0.1) is 12.4 Å². The number of hydrogen-bond donors (Lipinski definition) is 3. The van der Waals surface area contributed by atoms with E-state index >= 15 is 0 Å². The summed E-state index contributed by atoms with van der Waals surface area (Å²) in [5.41, 5.74) is 9.86. The lowest BCUT2D eigenvalue weighted by Crippen LogP contribution is -2.15. The molecule has 3 rings (SSSR count). The minimum absolute atomic E-state index is 0. The molecule has 2 aromatic carbocycles. The molecule has 27 heavy (non-hydrogen) atoms. The molecule has 0 aliphatic heterocycles. The molecule has 1 aromatic heterocycles. The molecule has 1 amide bonds. The van der Waals surface area contributed by atoms with Crippen molar-refractivity contribution in [2.24, 2.45) is 0 Å². The molecule has 1 heterocycles. The van der Waals surface area contributed by atoms with Crippen LogP contribution >= 0.6 is 12.4 Å². The number of aromatic nitrogens is 1. The Morgan fingerprint density at radius 1 is 1.00 bits per heavy atom. The quantitative estimate of drug-likeness (QED) is 0.599. The van der Waals surface area contributed by atoms with Crippen molar-refractivity contribution in [1.82, 2.24) is 4.98 Å². The van der Waals surface area contributed by atoms with E-state index in [4.69, 9.17) is 5.73 Å². The van der Waals surface area contributed by atoms with Gasteiger partial charge in [0.25, 0.3) is 5.91 Å². The van der Waals surface area contributed by atoms with Crippen LogP contribution in [-0.2, 0) is 0 Å². The molecule has 0 radical (unpaired) electrons. The van der Waals surface area contributed by atoms with Crippen LogP contribution in [0.25, 0.3) is 0 Å². The van der Waals surface area contributed by atoms with Gasteiger partial charge >= 0.3 is 0 Å². The summed E-state index contributed by atoms with van der Waals surface area (Å²) in [6.07, 6.45) is 0. The van der Waals surface area contributed by atoms with E-state index in [-0.39, 0.29) is 29.8 Å². The number of nitrogens with one attached hydrogen (secondary N) is 2. The minimum atomic E-state index is -0.372. The number of hydrogen-bond acceptors (Lipinski definition) is 4. The van der Waals surface area contributed by atoms with Crippen LogP contribution in [-0.4, -0.2) is 10.9 Å². The van der Waals surface area contributed by atoms with Gasteiger partial charge in [-0.25, -0.2) is 9.37 Å². The summed E-state index contributed by atoms with van der Waals surface area (Å²) in [6.45, 7) is 3.98. The van der Waals surface area contributed by atoms with Crippen molar-refractivity contribution in [1.29, 1.82) is 0 Å². The predicted octanol–water partition coefficient (Wildman–Crippen LogP) is 4.84. The van der Waals surface area contributed by atoms with E-state index in [1.807, 2.05) is 32.0 Å². The summed E-state index contributed by atoms with van der Waals surface area (Å²) in [7, 11) is 0. The number of pyridine rings is 1. The summed E-state index contributed by atoms with van der Waals surface area (Å²) in [5.74, 6) is -0.379. The first-order valence-corrected chi connectivity index (χ1v) is 8.09. The number of nitrogen functional groups attached to an aromatic ring is 1. The third-order valence-electron chi connectivity index (χ3n) is 3.94. The molecule has 0 unspecified atom stereocenters. The zero-order chi connectivity index (χ0) is 18.7. The van der Waals surface area contributed by atoms with Gasteiger partial charge in [0.2, 0.25) is 0 Å². The monoisotopic (exact) mass is 386 g/mol. The van der Waals surface area contributed by atoms with Crippen LogP contribution in [0.5, 0.6) is 0 Å². The fourth-order valence-corrected chi connectivity index (χ4v) is 2.46. The highest BCUT2D eigenvalue weighted by atomic mass is 35.5. The van der Waals surface area contributed by atoms with E-state index in [9.17, 15) is 9.18 Å². The Morgan fingerprint density at radius 3 is 2.48 bits per heavy atom. The molecule has 0 saturated heterocycles. The third kappa shape index (κ3) is 5.18. The van der Waals surface area contributed by atoms with Crippen LogP contribution in [0.2, 0.25) is 0 Å². The van der Waals surface area contributed by atoms with E-state index in [0.717, 1.165) is 11.1 Å². The first-order valence-electron chi connectivity index (χ1n) is 8.09. The van der Waals surface area contributed by atoms with E-state index in [1.165, 1.54) is 18.2 Å². The largest absolute Gasteiger partial charge is 0.399 e. The Kier molecular flexibility index (Phi) is 6.36. The Balaban J connectivity index is 0.00000261. The highest BCUT2D eigenvalue weighted by Gasteiger charge is 2.11. The van der Waals surface area contributed by atoms with Crippen LogP contribution in [0, 0.1) is 19.7 Å². The number of anilines is 4. The van der Waals surface area contributed by atoms with Gasteiger partial charge in [0.1, 0.15) is 17.3 Å². The maximum atomic E-state index is 13.3. The second-order valence-electron chi connectivity index (χ2n) is 6.06. The van der Waals surface area contributed by atoms with Crippen molar-refractivity contribution in [3.8, 4) is 0 Å². The number of carbonyl (C=O) groups excluding carboxylic acids is 1. The molecular formula is C20H20ClFN4O. The highest BCUT2D eigenvalue weighted by molar-refractivity contribution is 6.03. The topological polar surface area (TPSA) is 80.0 Å². The Morgan fingerprint density at radius 2 is 1.78 bits per heavy atom. The molecule has 0 bridgehead atoms. The molecule has 0 fully saturated rings. The number of carbonyl (C=O) groups is 1. The highest BCUT2D eigenvalue weighted by Crippen LogP contribution is 2.20. The van der Waals surface area contributed by atoms with Gasteiger partial charge in [0.15, 0.2) is 0 Å². The number of aryl methyl sites for hydroxylation is 2. The van der Waals surface area contributed by atoms with Crippen LogP contribution in [0.4, 0.5) is 27.3 Å². The lowest BCUT2D eigenvalue weighted by atomic mass is 10.1. The Labute approximate surface area is 163 Å². The molecule has 5 nitrogen and oxygen atoms in total. The molecule has 0 spiro atoms. The SMILES string of the molecule is Cc1ccc(NC(=O)c2cc(N)cc(Nc3cccc(F)c3)n2)cc1C.Cl. The van der Waals surface area contributed by atoms with E-state index in [0.29, 0.717) is 22.9 Å². The van der Waals surface area contributed by atoms with Crippen LogP contribution in [0.3, 0.4) is 0 Å². The van der Waals surface area contributed by atoms with Crippen molar-refractivity contribution in [3.63, 3.8) is 0 Å². The fourth-order valence-electron chi connectivity index (χ4n) is 2.46. The predicted molar refractivity (Wildman–Crippen MR) is 109 cm³/mol. The average molecular weight is 387 g/mol. The first kappa shape index (κ1) is 20.2. The lowest BCUT2D eigenvalue weighted by molar-refractivity contribution is 0.102. The van der Waals surface area contributed by atoms with Gasteiger partial charge in [0, 0.05) is 23.1 Å². The number of amides is 1. The molecule has 140 valence electrons. The maximum Gasteiger partial charge on any atom is 0.274 e. The molecule has 7 heteroatoms. The average Bonchev–Trinajstić information content (AvgIpc) is 2.57. The zero-order valence-corrected chi connectivity index (χ0v) is 15.7. The molecule has 4 N–H and O–H groups in total. The number of benzene rings is 2. The van der Waals surface area contributed by atoms with Crippen molar-refractivity contribution in [2.45, 2.75) is 13.8 Å². The van der Waals surface area contributed by atoms with E-state index < -0.39 is 0 Å². The van der Waals surface area contributed by atoms with Gasteiger partial charge in [-0.3, -0.25) is 4.79 Å². The van der Waals surface area contributed by atoms with Gasteiger partial charge in [-0.1, -0.05) is 12.1 Å². The number of halogens is 2. The smallest absolute Gasteiger partial charge is 0.274 e. The lowest BCUT2D eigenvalue weighted by Gasteiger charge is -2.10. The van der Waals surface area contributed by atoms with Gasteiger partial charge in [0.05, 0.1) is 0 Å². The molecule has 0 atom stereocenters. The number of rotatable bonds is 4. The van der Waals surface area contributed by atoms with Gasteiger partial charge in [-0.05, 0) is 61.4 Å². The summed E-state index contributed by atoms with van der Waals surface area (Å²) in [6, 6.07) is 14.7. The maximum absolute atomic E-state index is 13.3. The number of nitrogens with two attached hydrogens (primary N) is 1. The van der Waals surface area contributed by atoms with Crippen molar-refractivity contribution >= 4 is 41.2 Å². The molecule has 0 aliphatic carbocycles. The third-order valence-corrected chi connectivity index (χ3v) is 3.94. The zero-order valence-electron chi connectivity index (χ0n) is 14.9.